The molecule has 0 radical (unpaired) electrons. The van der Waals surface area contributed by atoms with Crippen molar-refractivity contribution in [1.82, 2.24) is 5.32 Å². The number of nitrogens with zero attached hydrogens (tertiary/aromatic N) is 1. The Morgan fingerprint density at radius 3 is 2.63 bits per heavy atom. The number of benzene rings is 2. The third kappa shape index (κ3) is 4.01. The van der Waals surface area contributed by atoms with E-state index in [0.717, 1.165) is 16.7 Å². The zero-order valence-electron chi connectivity index (χ0n) is 15.9. The molecule has 146 valence electrons. The second kappa shape index (κ2) is 8.39. The first-order chi connectivity index (χ1) is 13.0. The van der Waals surface area contributed by atoms with Gasteiger partial charge < -0.3 is 14.8 Å². The van der Waals surface area contributed by atoms with Gasteiger partial charge in [0, 0.05) is 20.7 Å². The van der Waals surface area contributed by atoms with Crippen LogP contribution in [0.15, 0.2) is 47.4 Å². The van der Waals surface area contributed by atoms with Crippen molar-refractivity contribution >= 4 is 15.7 Å². The van der Waals surface area contributed by atoms with Crippen molar-refractivity contribution in [2.75, 3.05) is 44.8 Å². The standard InChI is InChI=1S/C20H26N2O4S/c1-15-8-9-17-19(14-15)27(23,24)22(2)18-7-5-4-6-16(18)20(17)21-10-11-26-13-12-25-3/h4-9,14,20-21H,10-13H2,1-3H3. The lowest BCUT2D eigenvalue weighted by atomic mass is 9.96. The Labute approximate surface area is 161 Å². The topological polar surface area (TPSA) is 67.9 Å². The Balaban J connectivity index is 1.98. The maximum absolute atomic E-state index is 13.2. The van der Waals surface area contributed by atoms with Crippen molar-refractivity contribution in [1.29, 1.82) is 0 Å². The van der Waals surface area contributed by atoms with E-state index in [-0.39, 0.29) is 6.04 Å². The predicted octanol–water partition coefficient (Wildman–Crippen LogP) is 2.48. The summed E-state index contributed by atoms with van der Waals surface area (Å²) in [6.07, 6.45) is 0. The van der Waals surface area contributed by atoms with E-state index < -0.39 is 10.0 Å². The Morgan fingerprint density at radius 1 is 1.07 bits per heavy atom. The summed E-state index contributed by atoms with van der Waals surface area (Å²) in [5, 5.41) is 3.47. The molecule has 6 nitrogen and oxygen atoms in total. The number of anilines is 1. The normalized spacial score (nSPS) is 17.9. The number of methoxy groups -OCH3 is 1. The summed E-state index contributed by atoms with van der Waals surface area (Å²) in [5.74, 6) is 0. The van der Waals surface area contributed by atoms with Crippen LogP contribution in [-0.2, 0) is 19.5 Å². The maximum Gasteiger partial charge on any atom is 0.264 e. The molecule has 0 aliphatic carbocycles. The molecule has 2 aromatic carbocycles. The van der Waals surface area contributed by atoms with Gasteiger partial charge >= 0.3 is 0 Å². The van der Waals surface area contributed by atoms with Crippen LogP contribution in [0.4, 0.5) is 5.69 Å². The number of para-hydroxylation sites is 1. The van der Waals surface area contributed by atoms with Crippen LogP contribution in [0.3, 0.4) is 0 Å². The van der Waals surface area contributed by atoms with E-state index in [4.69, 9.17) is 9.47 Å². The van der Waals surface area contributed by atoms with E-state index >= 15 is 0 Å². The van der Waals surface area contributed by atoms with Gasteiger partial charge in [-0.15, -0.1) is 0 Å². The van der Waals surface area contributed by atoms with Crippen molar-refractivity contribution in [3.63, 3.8) is 0 Å². The molecule has 1 heterocycles. The molecule has 0 aromatic heterocycles. The lowest BCUT2D eigenvalue weighted by Gasteiger charge is -2.22. The average molecular weight is 391 g/mol. The molecule has 1 atom stereocenters. The summed E-state index contributed by atoms with van der Waals surface area (Å²) >= 11 is 0. The van der Waals surface area contributed by atoms with E-state index in [2.05, 4.69) is 5.32 Å². The number of hydrogen-bond acceptors (Lipinski definition) is 5. The SMILES string of the molecule is COCCOCCNC1c2ccccc2N(C)S(=O)(=O)c2cc(C)ccc21. The highest BCUT2D eigenvalue weighted by Gasteiger charge is 2.34. The zero-order valence-corrected chi connectivity index (χ0v) is 16.8. The first-order valence-corrected chi connectivity index (χ1v) is 10.4. The third-order valence-corrected chi connectivity index (χ3v) is 6.56. The lowest BCUT2D eigenvalue weighted by Crippen LogP contribution is -2.27. The van der Waals surface area contributed by atoms with Crippen molar-refractivity contribution in [2.24, 2.45) is 0 Å². The van der Waals surface area contributed by atoms with Crippen LogP contribution < -0.4 is 9.62 Å². The molecule has 0 amide bonds. The van der Waals surface area contributed by atoms with E-state index in [0.29, 0.717) is 36.9 Å². The number of aryl methyl sites for hydroxylation is 1. The van der Waals surface area contributed by atoms with Gasteiger partial charge in [-0.05, 0) is 35.7 Å². The molecule has 0 spiro atoms. The molecular weight excluding hydrogens is 364 g/mol. The van der Waals surface area contributed by atoms with Crippen LogP contribution in [0.1, 0.15) is 22.7 Å². The van der Waals surface area contributed by atoms with Crippen LogP contribution in [0.2, 0.25) is 0 Å². The smallest absolute Gasteiger partial charge is 0.264 e. The second-order valence-electron chi connectivity index (χ2n) is 6.56. The molecule has 27 heavy (non-hydrogen) atoms. The van der Waals surface area contributed by atoms with E-state index in [1.807, 2.05) is 43.3 Å². The summed E-state index contributed by atoms with van der Waals surface area (Å²) < 4.78 is 38.3. The van der Waals surface area contributed by atoms with E-state index in [1.54, 1.807) is 20.2 Å². The average Bonchev–Trinajstić information content (AvgIpc) is 2.73. The van der Waals surface area contributed by atoms with Gasteiger partial charge in [0.15, 0.2) is 0 Å². The van der Waals surface area contributed by atoms with Gasteiger partial charge in [-0.2, -0.15) is 0 Å². The minimum absolute atomic E-state index is 0.234. The van der Waals surface area contributed by atoms with Gasteiger partial charge in [0.05, 0.1) is 36.4 Å². The number of nitrogens with one attached hydrogen (secondary N) is 1. The van der Waals surface area contributed by atoms with Crippen LogP contribution in [0.25, 0.3) is 0 Å². The van der Waals surface area contributed by atoms with E-state index in [1.165, 1.54) is 4.31 Å². The predicted molar refractivity (Wildman–Crippen MR) is 106 cm³/mol. The molecule has 7 heteroatoms. The summed E-state index contributed by atoms with van der Waals surface area (Å²) in [7, 11) is -0.377. The second-order valence-corrected chi connectivity index (χ2v) is 8.50. The maximum atomic E-state index is 13.2. The molecule has 3 rings (SSSR count). The highest BCUT2D eigenvalue weighted by molar-refractivity contribution is 7.92. The van der Waals surface area contributed by atoms with Crippen molar-refractivity contribution in [2.45, 2.75) is 17.9 Å². The van der Waals surface area contributed by atoms with Crippen LogP contribution in [0, 0.1) is 6.92 Å². The number of hydrogen-bond donors (Lipinski definition) is 1. The number of ether oxygens (including phenoxy) is 2. The minimum Gasteiger partial charge on any atom is -0.382 e. The molecular formula is C20H26N2O4S. The molecule has 1 aliphatic rings. The largest absolute Gasteiger partial charge is 0.382 e. The van der Waals surface area contributed by atoms with Gasteiger partial charge in [-0.3, -0.25) is 4.31 Å². The molecule has 1 N–H and O–H groups in total. The van der Waals surface area contributed by atoms with Gasteiger partial charge in [-0.25, -0.2) is 8.42 Å². The fraction of sp³-hybridized carbons (Fsp3) is 0.400. The molecule has 0 bridgehead atoms. The fourth-order valence-electron chi connectivity index (χ4n) is 3.31. The minimum atomic E-state index is -3.62. The highest BCUT2D eigenvalue weighted by atomic mass is 32.2. The summed E-state index contributed by atoms with van der Waals surface area (Å²) in [5.41, 5.74) is 3.29. The lowest BCUT2D eigenvalue weighted by molar-refractivity contribution is 0.0714. The number of rotatable bonds is 7. The zero-order chi connectivity index (χ0) is 19.4. The molecule has 0 saturated heterocycles. The van der Waals surface area contributed by atoms with Crippen LogP contribution in [0.5, 0.6) is 0 Å². The molecule has 1 aliphatic heterocycles. The van der Waals surface area contributed by atoms with Gasteiger partial charge in [-0.1, -0.05) is 30.3 Å². The van der Waals surface area contributed by atoms with Gasteiger partial charge in [0.25, 0.3) is 10.0 Å². The Kier molecular flexibility index (Phi) is 6.16. The Morgan fingerprint density at radius 2 is 1.85 bits per heavy atom. The summed E-state index contributed by atoms with van der Waals surface area (Å²) in [6, 6.07) is 13.0. The fourth-order valence-corrected chi connectivity index (χ4v) is 4.84. The molecule has 2 aromatic rings. The third-order valence-electron chi connectivity index (χ3n) is 4.73. The number of fused-ring (bicyclic) bond motifs is 2. The molecule has 1 unspecified atom stereocenters. The van der Waals surface area contributed by atoms with Crippen molar-refractivity contribution < 1.29 is 17.9 Å². The van der Waals surface area contributed by atoms with Crippen LogP contribution in [-0.4, -0.2) is 48.9 Å². The van der Waals surface area contributed by atoms with Gasteiger partial charge in [0.2, 0.25) is 0 Å². The van der Waals surface area contributed by atoms with Crippen molar-refractivity contribution in [3.05, 3.63) is 59.2 Å². The van der Waals surface area contributed by atoms with Gasteiger partial charge in [0.1, 0.15) is 0 Å². The molecule has 0 saturated carbocycles. The quantitative estimate of drug-likeness (QED) is 0.736. The summed E-state index contributed by atoms with van der Waals surface area (Å²) in [4.78, 5) is 0.346. The number of sulfonamides is 1. The Hall–Kier alpha value is -1.93. The first-order valence-electron chi connectivity index (χ1n) is 8.95. The summed E-state index contributed by atoms with van der Waals surface area (Å²) in [6.45, 7) is 4.11. The highest BCUT2D eigenvalue weighted by Crippen LogP contribution is 2.40. The monoisotopic (exact) mass is 390 g/mol. The first kappa shape index (κ1) is 19.8. The molecule has 0 fully saturated rings. The van der Waals surface area contributed by atoms with Crippen LogP contribution >= 0.6 is 0 Å². The van der Waals surface area contributed by atoms with Crippen molar-refractivity contribution in [3.8, 4) is 0 Å². The Bertz CT molecular complexity index is 899. The van der Waals surface area contributed by atoms with E-state index in [9.17, 15) is 8.42 Å².